The first-order valence-electron chi connectivity index (χ1n) is 5.24. The zero-order chi connectivity index (χ0) is 12.7. The van der Waals surface area contributed by atoms with Crippen molar-refractivity contribution in [3.63, 3.8) is 0 Å². The molecule has 0 unspecified atom stereocenters. The van der Waals surface area contributed by atoms with Crippen molar-refractivity contribution in [3.8, 4) is 0 Å². The van der Waals surface area contributed by atoms with E-state index in [-0.39, 0.29) is 11.4 Å². The maximum Gasteiger partial charge on any atom is 0.240 e. The molecule has 0 saturated heterocycles. The standard InChI is InChI=1S/C10H17N3O3S/c1-2-16-8-7-12-17(14,15)10-5-3-9(13-11)4-6-10/h3-6,12-13H,2,7-8,11H2,1H3. The normalized spacial score (nSPS) is 11.4. The van der Waals surface area contributed by atoms with Crippen LogP contribution in [0, 0.1) is 0 Å². The molecule has 1 rings (SSSR count). The molecule has 0 aromatic heterocycles. The second-order valence-electron chi connectivity index (χ2n) is 3.26. The van der Waals surface area contributed by atoms with Crippen LogP contribution in [0.1, 0.15) is 6.92 Å². The molecule has 0 aliphatic rings. The largest absolute Gasteiger partial charge is 0.380 e. The molecule has 96 valence electrons. The van der Waals surface area contributed by atoms with E-state index in [9.17, 15) is 8.42 Å². The van der Waals surface area contributed by atoms with Crippen LogP contribution in [0.2, 0.25) is 0 Å². The number of hydrogen-bond acceptors (Lipinski definition) is 5. The highest BCUT2D eigenvalue weighted by atomic mass is 32.2. The zero-order valence-corrected chi connectivity index (χ0v) is 10.5. The highest BCUT2D eigenvalue weighted by Crippen LogP contribution is 2.12. The number of ether oxygens (including phenoxy) is 1. The Morgan fingerprint density at radius 2 is 1.94 bits per heavy atom. The van der Waals surface area contributed by atoms with E-state index in [1.165, 1.54) is 12.1 Å². The fourth-order valence-corrected chi connectivity index (χ4v) is 2.22. The Kier molecular flexibility index (Phi) is 5.36. The fraction of sp³-hybridized carbons (Fsp3) is 0.400. The molecule has 0 saturated carbocycles. The van der Waals surface area contributed by atoms with Gasteiger partial charge >= 0.3 is 0 Å². The number of rotatable bonds is 7. The summed E-state index contributed by atoms with van der Waals surface area (Å²) in [6.07, 6.45) is 0. The Hall–Kier alpha value is -1.15. The van der Waals surface area contributed by atoms with E-state index in [0.29, 0.717) is 18.9 Å². The second-order valence-corrected chi connectivity index (χ2v) is 5.03. The van der Waals surface area contributed by atoms with Gasteiger partial charge in [0.2, 0.25) is 10.0 Å². The molecule has 4 N–H and O–H groups in total. The van der Waals surface area contributed by atoms with Gasteiger partial charge in [0.15, 0.2) is 0 Å². The Bertz CT molecular complexity index is 431. The number of nitrogens with two attached hydrogens (primary N) is 1. The molecule has 6 nitrogen and oxygen atoms in total. The van der Waals surface area contributed by atoms with Crippen LogP contribution in [-0.4, -0.2) is 28.2 Å². The van der Waals surface area contributed by atoms with Crippen LogP contribution in [-0.2, 0) is 14.8 Å². The number of benzene rings is 1. The molecule has 0 aliphatic heterocycles. The third-order valence-corrected chi connectivity index (χ3v) is 3.55. The van der Waals surface area contributed by atoms with Crippen molar-refractivity contribution < 1.29 is 13.2 Å². The number of nitrogen functional groups attached to an aromatic ring is 1. The molecule has 0 atom stereocenters. The first-order valence-corrected chi connectivity index (χ1v) is 6.72. The van der Waals surface area contributed by atoms with Gasteiger partial charge in [0.25, 0.3) is 0 Å². The van der Waals surface area contributed by atoms with Gasteiger partial charge in [-0.15, -0.1) is 0 Å². The lowest BCUT2D eigenvalue weighted by molar-refractivity contribution is 0.153. The van der Waals surface area contributed by atoms with Gasteiger partial charge in [-0.1, -0.05) is 0 Å². The van der Waals surface area contributed by atoms with Gasteiger partial charge in [0.05, 0.1) is 11.5 Å². The Balaban J connectivity index is 2.62. The van der Waals surface area contributed by atoms with Crippen LogP contribution < -0.4 is 16.0 Å². The molecule has 1 aromatic carbocycles. The molecule has 0 heterocycles. The highest BCUT2D eigenvalue weighted by molar-refractivity contribution is 7.89. The maximum absolute atomic E-state index is 11.8. The smallest absolute Gasteiger partial charge is 0.240 e. The predicted octanol–water partition coefficient (Wildman–Crippen LogP) is 0.287. The van der Waals surface area contributed by atoms with Gasteiger partial charge in [-0.3, -0.25) is 5.84 Å². The minimum atomic E-state index is -3.46. The van der Waals surface area contributed by atoms with Crippen molar-refractivity contribution in [2.75, 3.05) is 25.2 Å². The van der Waals surface area contributed by atoms with Gasteiger partial charge in [-0.2, -0.15) is 0 Å². The first-order chi connectivity index (χ1) is 8.10. The van der Waals surface area contributed by atoms with Crippen LogP contribution >= 0.6 is 0 Å². The topological polar surface area (TPSA) is 93.4 Å². The lowest BCUT2D eigenvalue weighted by Crippen LogP contribution is -2.27. The molecule has 7 heteroatoms. The van der Waals surface area contributed by atoms with E-state index in [0.717, 1.165) is 0 Å². The summed E-state index contributed by atoms with van der Waals surface area (Å²) >= 11 is 0. The summed E-state index contributed by atoms with van der Waals surface area (Å²) in [6.45, 7) is 3.04. The fourth-order valence-electron chi connectivity index (χ4n) is 1.21. The highest BCUT2D eigenvalue weighted by Gasteiger charge is 2.12. The molecule has 0 aliphatic carbocycles. The SMILES string of the molecule is CCOCCNS(=O)(=O)c1ccc(NN)cc1. The van der Waals surface area contributed by atoms with E-state index < -0.39 is 10.0 Å². The van der Waals surface area contributed by atoms with Crippen molar-refractivity contribution in [1.29, 1.82) is 0 Å². The van der Waals surface area contributed by atoms with E-state index in [1.807, 2.05) is 6.92 Å². The summed E-state index contributed by atoms with van der Waals surface area (Å²) < 4.78 is 31.0. The molecule has 17 heavy (non-hydrogen) atoms. The third-order valence-electron chi connectivity index (χ3n) is 2.07. The molecular weight excluding hydrogens is 242 g/mol. The Labute approximate surface area is 101 Å². The van der Waals surface area contributed by atoms with Crippen molar-refractivity contribution in [3.05, 3.63) is 24.3 Å². The molecule has 0 amide bonds. The van der Waals surface area contributed by atoms with E-state index in [4.69, 9.17) is 10.6 Å². The summed E-state index contributed by atoms with van der Waals surface area (Å²) in [7, 11) is -3.46. The van der Waals surface area contributed by atoms with Gasteiger partial charge < -0.3 is 10.2 Å². The van der Waals surface area contributed by atoms with Crippen LogP contribution in [0.5, 0.6) is 0 Å². The molecule has 0 fully saturated rings. The van der Waals surface area contributed by atoms with Crippen LogP contribution in [0.15, 0.2) is 29.2 Å². The van der Waals surface area contributed by atoms with E-state index in [1.54, 1.807) is 12.1 Å². The minimum absolute atomic E-state index is 0.202. The predicted molar refractivity (Wildman–Crippen MR) is 65.9 cm³/mol. The average molecular weight is 259 g/mol. The average Bonchev–Trinajstić information content (AvgIpc) is 2.35. The van der Waals surface area contributed by atoms with Crippen LogP contribution in [0.4, 0.5) is 5.69 Å². The number of sulfonamides is 1. The molecule has 0 spiro atoms. The molecule has 1 aromatic rings. The Morgan fingerprint density at radius 1 is 1.29 bits per heavy atom. The van der Waals surface area contributed by atoms with Gasteiger partial charge in [-0.05, 0) is 31.2 Å². The lowest BCUT2D eigenvalue weighted by atomic mass is 10.3. The maximum atomic E-state index is 11.8. The van der Waals surface area contributed by atoms with Gasteiger partial charge in [0.1, 0.15) is 0 Å². The van der Waals surface area contributed by atoms with Crippen molar-refractivity contribution >= 4 is 15.7 Å². The number of nitrogens with one attached hydrogen (secondary N) is 2. The summed E-state index contributed by atoms with van der Waals surface area (Å²) in [6, 6.07) is 6.16. The van der Waals surface area contributed by atoms with Crippen molar-refractivity contribution in [2.24, 2.45) is 5.84 Å². The second kappa shape index (κ2) is 6.55. The molecular formula is C10H17N3O3S. The van der Waals surface area contributed by atoms with Crippen LogP contribution in [0.25, 0.3) is 0 Å². The lowest BCUT2D eigenvalue weighted by Gasteiger charge is -2.07. The van der Waals surface area contributed by atoms with E-state index in [2.05, 4.69) is 10.1 Å². The number of anilines is 1. The minimum Gasteiger partial charge on any atom is -0.380 e. The first kappa shape index (κ1) is 13.9. The summed E-state index contributed by atoms with van der Waals surface area (Å²) in [5.74, 6) is 5.19. The number of hydrazine groups is 1. The third kappa shape index (κ3) is 4.31. The van der Waals surface area contributed by atoms with Crippen molar-refractivity contribution in [2.45, 2.75) is 11.8 Å². The molecule has 0 radical (unpaired) electrons. The monoisotopic (exact) mass is 259 g/mol. The van der Waals surface area contributed by atoms with Crippen molar-refractivity contribution in [1.82, 2.24) is 4.72 Å². The van der Waals surface area contributed by atoms with Gasteiger partial charge in [0, 0.05) is 18.8 Å². The van der Waals surface area contributed by atoms with Gasteiger partial charge in [-0.25, -0.2) is 13.1 Å². The molecule has 0 bridgehead atoms. The Morgan fingerprint density at radius 3 is 2.47 bits per heavy atom. The summed E-state index contributed by atoms with van der Waals surface area (Å²) in [5, 5.41) is 0. The quantitative estimate of drug-likeness (QED) is 0.372. The van der Waals surface area contributed by atoms with Crippen LogP contribution in [0.3, 0.4) is 0 Å². The zero-order valence-electron chi connectivity index (χ0n) is 9.64. The number of hydrogen-bond donors (Lipinski definition) is 3. The summed E-state index contributed by atoms with van der Waals surface area (Å²) in [4.78, 5) is 0.202. The summed E-state index contributed by atoms with van der Waals surface area (Å²) in [5.41, 5.74) is 3.08. The van der Waals surface area contributed by atoms with E-state index >= 15 is 0 Å².